The Bertz CT molecular complexity index is 1130. The minimum Gasteiger partial charge on any atom is -0.390 e. The van der Waals surface area contributed by atoms with Crippen LogP contribution in [0.5, 0.6) is 0 Å². The minimum atomic E-state index is -0.961. The molecular weight excluding hydrogens is 446 g/mol. The quantitative estimate of drug-likeness (QED) is 0.377. The van der Waals surface area contributed by atoms with E-state index in [9.17, 15) is 18.7 Å². The first-order valence-electron chi connectivity index (χ1n) is 12.0. The van der Waals surface area contributed by atoms with Gasteiger partial charge >= 0.3 is 0 Å². The van der Waals surface area contributed by atoms with E-state index in [1.807, 2.05) is 31.2 Å². The summed E-state index contributed by atoms with van der Waals surface area (Å²) in [4.78, 5) is 12.8. The molecule has 35 heavy (non-hydrogen) atoms. The number of aliphatic hydroxyl groups is 1. The number of halogens is 2. The third-order valence-electron chi connectivity index (χ3n) is 6.09. The molecule has 3 aromatic carbocycles. The zero-order chi connectivity index (χ0) is 25.4. The molecule has 3 N–H and O–H groups in total. The number of rotatable bonds is 11. The molecule has 0 fully saturated rings. The first-order chi connectivity index (χ1) is 16.7. The standard InChI is InChI=1S/C29H34F2N2O2/c1-4-21-9-19(2)10-23(11-21)17-32-18-28(34)27(14-22-12-25(30)16-26(31)13-22)33-29(35)15-24-8-6-5-7-20(24)3/h5-13,16,27-28,32,34H,4,14-15,17-18H2,1-3H3,(H,33,35). The fourth-order valence-corrected chi connectivity index (χ4v) is 4.27. The van der Waals surface area contributed by atoms with E-state index in [4.69, 9.17) is 0 Å². The summed E-state index contributed by atoms with van der Waals surface area (Å²) in [7, 11) is 0. The number of nitrogens with one attached hydrogen (secondary N) is 2. The van der Waals surface area contributed by atoms with Crippen LogP contribution in [0, 0.1) is 25.5 Å². The Hall–Kier alpha value is -3.09. The van der Waals surface area contributed by atoms with Gasteiger partial charge in [0.2, 0.25) is 5.91 Å². The number of hydrogen-bond donors (Lipinski definition) is 3. The predicted octanol–water partition coefficient (Wildman–Crippen LogP) is 4.56. The lowest BCUT2D eigenvalue weighted by Gasteiger charge is -2.25. The monoisotopic (exact) mass is 480 g/mol. The van der Waals surface area contributed by atoms with Gasteiger partial charge in [0, 0.05) is 19.2 Å². The maximum absolute atomic E-state index is 13.8. The van der Waals surface area contributed by atoms with E-state index in [1.54, 1.807) is 0 Å². The van der Waals surface area contributed by atoms with Crippen LogP contribution in [-0.2, 0) is 30.6 Å². The summed E-state index contributed by atoms with van der Waals surface area (Å²) in [5.74, 6) is -1.64. The van der Waals surface area contributed by atoms with Crippen LogP contribution in [0.2, 0.25) is 0 Å². The molecule has 186 valence electrons. The number of aliphatic hydroxyl groups excluding tert-OH is 1. The van der Waals surface area contributed by atoms with Gasteiger partial charge in [0.15, 0.2) is 0 Å². The van der Waals surface area contributed by atoms with Gasteiger partial charge in [-0.2, -0.15) is 0 Å². The van der Waals surface area contributed by atoms with Crippen molar-refractivity contribution in [3.05, 3.63) is 106 Å². The van der Waals surface area contributed by atoms with Crippen molar-refractivity contribution in [1.29, 1.82) is 0 Å². The van der Waals surface area contributed by atoms with Gasteiger partial charge in [0.05, 0.1) is 18.6 Å². The Kier molecular flexibility index (Phi) is 9.52. The largest absolute Gasteiger partial charge is 0.390 e. The molecule has 2 atom stereocenters. The van der Waals surface area contributed by atoms with Crippen LogP contribution >= 0.6 is 0 Å². The van der Waals surface area contributed by atoms with Crippen molar-refractivity contribution < 1.29 is 18.7 Å². The van der Waals surface area contributed by atoms with Crippen molar-refractivity contribution in [2.45, 2.75) is 58.7 Å². The number of hydrogen-bond acceptors (Lipinski definition) is 3. The van der Waals surface area contributed by atoms with Crippen LogP contribution in [0.15, 0.2) is 60.7 Å². The van der Waals surface area contributed by atoms with Crippen molar-refractivity contribution in [3.63, 3.8) is 0 Å². The Morgan fingerprint density at radius 1 is 0.943 bits per heavy atom. The van der Waals surface area contributed by atoms with Crippen molar-refractivity contribution in [1.82, 2.24) is 10.6 Å². The zero-order valence-corrected chi connectivity index (χ0v) is 20.6. The zero-order valence-electron chi connectivity index (χ0n) is 20.6. The molecule has 2 unspecified atom stereocenters. The van der Waals surface area contributed by atoms with Gasteiger partial charge in [-0.3, -0.25) is 4.79 Å². The fraction of sp³-hybridized carbons (Fsp3) is 0.345. The SMILES string of the molecule is CCc1cc(C)cc(CNCC(O)C(Cc2cc(F)cc(F)c2)NC(=O)Cc2ccccc2C)c1. The Labute approximate surface area is 206 Å². The molecule has 0 aliphatic carbocycles. The molecule has 0 heterocycles. The molecule has 0 spiro atoms. The van der Waals surface area contributed by atoms with Crippen LogP contribution in [0.3, 0.4) is 0 Å². The molecule has 0 bridgehead atoms. The van der Waals surface area contributed by atoms with E-state index in [0.29, 0.717) is 12.1 Å². The highest BCUT2D eigenvalue weighted by molar-refractivity contribution is 5.79. The minimum absolute atomic E-state index is 0.0987. The first-order valence-corrected chi connectivity index (χ1v) is 12.0. The number of amides is 1. The topological polar surface area (TPSA) is 61.4 Å². The molecule has 1 amide bonds. The maximum Gasteiger partial charge on any atom is 0.224 e. The predicted molar refractivity (Wildman–Crippen MR) is 135 cm³/mol. The first kappa shape index (κ1) is 26.5. The van der Waals surface area contributed by atoms with Gasteiger partial charge in [-0.15, -0.1) is 0 Å². The Morgan fingerprint density at radius 2 is 1.63 bits per heavy atom. The van der Waals surface area contributed by atoms with Gasteiger partial charge in [0.25, 0.3) is 0 Å². The fourth-order valence-electron chi connectivity index (χ4n) is 4.27. The average molecular weight is 481 g/mol. The summed E-state index contributed by atoms with van der Waals surface area (Å²) >= 11 is 0. The lowest BCUT2D eigenvalue weighted by atomic mass is 9.99. The van der Waals surface area contributed by atoms with Gasteiger partial charge in [0.1, 0.15) is 11.6 Å². The van der Waals surface area contributed by atoms with E-state index >= 15 is 0 Å². The molecule has 3 rings (SSSR count). The molecule has 0 aliphatic heterocycles. The molecule has 6 heteroatoms. The molecule has 0 aromatic heterocycles. The maximum atomic E-state index is 13.8. The van der Waals surface area contributed by atoms with E-state index in [0.717, 1.165) is 29.2 Å². The molecule has 4 nitrogen and oxygen atoms in total. The third-order valence-corrected chi connectivity index (χ3v) is 6.09. The summed E-state index contributed by atoms with van der Waals surface area (Å²) < 4.78 is 27.5. The second-order valence-electron chi connectivity index (χ2n) is 9.14. The second-order valence-corrected chi connectivity index (χ2v) is 9.14. The molecule has 0 saturated heterocycles. The normalized spacial score (nSPS) is 12.9. The van der Waals surface area contributed by atoms with Gasteiger partial charge in [-0.05, 0) is 66.6 Å². The van der Waals surface area contributed by atoms with Crippen molar-refractivity contribution in [2.75, 3.05) is 6.54 Å². The second kappa shape index (κ2) is 12.6. The van der Waals surface area contributed by atoms with E-state index in [2.05, 4.69) is 42.7 Å². The summed E-state index contributed by atoms with van der Waals surface area (Å²) in [6, 6.07) is 16.5. The van der Waals surface area contributed by atoms with Crippen LogP contribution in [0.4, 0.5) is 8.78 Å². The highest BCUT2D eigenvalue weighted by Gasteiger charge is 2.23. The summed E-state index contributed by atoms with van der Waals surface area (Å²) in [5, 5.41) is 17.1. The summed E-state index contributed by atoms with van der Waals surface area (Å²) in [6.45, 7) is 6.86. The van der Waals surface area contributed by atoms with Crippen molar-refractivity contribution in [2.24, 2.45) is 0 Å². The van der Waals surface area contributed by atoms with Gasteiger partial charge in [-0.1, -0.05) is 55.0 Å². The molecule has 0 saturated carbocycles. The smallest absolute Gasteiger partial charge is 0.224 e. The Balaban J connectivity index is 1.69. The van der Waals surface area contributed by atoms with Crippen LogP contribution in [-0.4, -0.2) is 29.7 Å². The number of aryl methyl sites for hydroxylation is 3. The summed E-state index contributed by atoms with van der Waals surface area (Å²) in [6.07, 6.45) is 0.236. The van der Waals surface area contributed by atoms with E-state index in [-0.39, 0.29) is 25.3 Å². The average Bonchev–Trinajstić information content (AvgIpc) is 2.79. The van der Waals surface area contributed by atoms with Crippen molar-refractivity contribution in [3.8, 4) is 0 Å². The lowest BCUT2D eigenvalue weighted by molar-refractivity contribution is -0.122. The molecular formula is C29H34F2N2O2. The molecule has 0 radical (unpaired) electrons. The number of carbonyl (C=O) groups is 1. The summed E-state index contributed by atoms with van der Waals surface area (Å²) in [5.41, 5.74) is 5.79. The highest BCUT2D eigenvalue weighted by Crippen LogP contribution is 2.14. The third kappa shape index (κ3) is 8.26. The van der Waals surface area contributed by atoms with Gasteiger partial charge < -0.3 is 15.7 Å². The lowest BCUT2D eigenvalue weighted by Crippen LogP contribution is -2.49. The van der Waals surface area contributed by atoms with Crippen molar-refractivity contribution >= 4 is 5.91 Å². The van der Waals surface area contributed by atoms with E-state index < -0.39 is 23.8 Å². The van der Waals surface area contributed by atoms with Crippen LogP contribution in [0.1, 0.15) is 40.3 Å². The molecule has 3 aromatic rings. The van der Waals surface area contributed by atoms with Gasteiger partial charge in [-0.25, -0.2) is 8.78 Å². The van der Waals surface area contributed by atoms with E-state index in [1.165, 1.54) is 23.3 Å². The Morgan fingerprint density at radius 3 is 2.31 bits per heavy atom. The number of benzene rings is 3. The van der Waals surface area contributed by atoms with Crippen LogP contribution in [0.25, 0.3) is 0 Å². The molecule has 0 aliphatic rings. The highest BCUT2D eigenvalue weighted by atomic mass is 19.1. The number of carbonyl (C=O) groups excluding carboxylic acids is 1. The van der Waals surface area contributed by atoms with Crippen LogP contribution < -0.4 is 10.6 Å².